The zero-order valence-electron chi connectivity index (χ0n) is 28.3. The van der Waals surface area contributed by atoms with Gasteiger partial charge in [0.2, 0.25) is 11.8 Å². The first-order valence-corrected chi connectivity index (χ1v) is 16.3. The summed E-state index contributed by atoms with van der Waals surface area (Å²) < 4.78 is 12.7. The van der Waals surface area contributed by atoms with Crippen molar-refractivity contribution in [3.05, 3.63) is 95.6 Å². The molecule has 0 bridgehead atoms. The first-order chi connectivity index (χ1) is 23.5. The SMILES string of the molecule is Cn1nnc2cc(CNC(=O)[C@@H]3CN(C(=O)OCc4ccccc4)CCN3C(=O)C(CCc3ccccc3)NC(=O)OC(C)(C)C)ccc21. The maximum Gasteiger partial charge on any atom is 0.410 e. The van der Waals surface area contributed by atoms with Gasteiger partial charge in [0.25, 0.3) is 0 Å². The molecule has 2 N–H and O–H groups in total. The number of piperazine rings is 1. The maximum absolute atomic E-state index is 14.3. The number of fused-ring (bicyclic) bond motifs is 1. The van der Waals surface area contributed by atoms with Crippen molar-refractivity contribution in [3.8, 4) is 0 Å². The number of carbonyl (C=O) groups excluding carboxylic acids is 4. The molecule has 0 spiro atoms. The molecule has 1 saturated heterocycles. The number of carbonyl (C=O) groups is 4. The predicted octanol–water partition coefficient (Wildman–Crippen LogP) is 3.96. The average Bonchev–Trinajstić information content (AvgIpc) is 3.46. The fourth-order valence-electron chi connectivity index (χ4n) is 5.61. The second-order valence-electron chi connectivity index (χ2n) is 13.0. The van der Waals surface area contributed by atoms with Crippen molar-refractivity contribution in [2.45, 2.75) is 64.4 Å². The van der Waals surface area contributed by atoms with Crippen molar-refractivity contribution in [2.24, 2.45) is 7.05 Å². The number of alkyl carbamates (subject to hydrolysis) is 1. The number of ether oxygens (including phenoxy) is 2. The Kier molecular flexibility index (Phi) is 11.1. The van der Waals surface area contributed by atoms with E-state index in [-0.39, 0.29) is 39.2 Å². The normalized spacial score (nSPS) is 15.4. The van der Waals surface area contributed by atoms with Crippen LogP contribution in [-0.4, -0.2) is 86.1 Å². The highest BCUT2D eigenvalue weighted by atomic mass is 16.6. The molecule has 1 fully saturated rings. The summed E-state index contributed by atoms with van der Waals surface area (Å²) in [7, 11) is 1.80. The molecule has 2 atom stereocenters. The van der Waals surface area contributed by atoms with E-state index in [2.05, 4.69) is 20.9 Å². The number of aryl methyl sites for hydroxylation is 2. The van der Waals surface area contributed by atoms with Crippen LogP contribution in [0.2, 0.25) is 0 Å². The number of amides is 4. The van der Waals surface area contributed by atoms with E-state index in [1.807, 2.05) is 78.9 Å². The van der Waals surface area contributed by atoms with E-state index >= 15 is 0 Å². The Labute approximate surface area is 285 Å². The molecular weight excluding hydrogens is 626 g/mol. The van der Waals surface area contributed by atoms with E-state index in [0.717, 1.165) is 22.2 Å². The second-order valence-corrected chi connectivity index (χ2v) is 13.0. The lowest BCUT2D eigenvalue weighted by Crippen LogP contribution is -2.64. The van der Waals surface area contributed by atoms with Crippen LogP contribution in [0.3, 0.4) is 0 Å². The first-order valence-electron chi connectivity index (χ1n) is 16.3. The molecule has 4 aromatic rings. The van der Waals surface area contributed by atoms with Crippen molar-refractivity contribution < 1.29 is 28.7 Å². The predicted molar refractivity (Wildman–Crippen MR) is 182 cm³/mol. The molecular formula is C36H43N7O6. The van der Waals surface area contributed by atoms with Gasteiger partial charge < -0.3 is 29.9 Å². The molecule has 1 aliphatic heterocycles. The number of nitrogens with one attached hydrogen (secondary N) is 2. The highest BCUT2D eigenvalue weighted by molar-refractivity contribution is 5.92. The molecule has 2 heterocycles. The van der Waals surface area contributed by atoms with Gasteiger partial charge in [0.05, 0.1) is 12.1 Å². The number of benzene rings is 3. The molecule has 0 aliphatic carbocycles. The minimum atomic E-state index is -1.05. The van der Waals surface area contributed by atoms with Crippen molar-refractivity contribution in [1.29, 1.82) is 0 Å². The van der Waals surface area contributed by atoms with Gasteiger partial charge in [-0.05, 0) is 62.4 Å². The zero-order valence-corrected chi connectivity index (χ0v) is 28.3. The van der Waals surface area contributed by atoms with Crippen LogP contribution in [0.4, 0.5) is 9.59 Å². The molecule has 5 rings (SSSR count). The summed E-state index contributed by atoms with van der Waals surface area (Å²) >= 11 is 0. The highest BCUT2D eigenvalue weighted by Crippen LogP contribution is 2.18. The van der Waals surface area contributed by atoms with Crippen molar-refractivity contribution in [3.63, 3.8) is 0 Å². The van der Waals surface area contributed by atoms with Crippen LogP contribution < -0.4 is 10.6 Å². The molecule has 3 aromatic carbocycles. The molecule has 1 unspecified atom stereocenters. The van der Waals surface area contributed by atoms with Crippen LogP contribution in [-0.2, 0) is 45.7 Å². The number of nitrogens with zero attached hydrogens (tertiary/aromatic N) is 5. The number of hydrogen-bond acceptors (Lipinski definition) is 8. The monoisotopic (exact) mass is 669 g/mol. The van der Waals surface area contributed by atoms with Gasteiger partial charge in [-0.25, -0.2) is 14.3 Å². The molecule has 1 aliphatic rings. The Morgan fingerprint density at radius 2 is 1.61 bits per heavy atom. The average molecular weight is 670 g/mol. The van der Waals surface area contributed by atoms with Gasteiger partial charge in [0.15, 0.2) is 0 Å². The number of rotatable bonds is 10. The Hall–Kier alpha value is -5.46. The lowest BCUT2D eigenvalue weighted by Gasteiger charge is -2.41. The molecule has 1 aromatic heterocycles. The molecule has 0 saturated carbocycles. The Balaban J connectivity index is 1.34. The van der Waals surface area contributed by atoms with E-state index < -0.39 is 41.7 Å². The third kappa shape index (κ3) is 9.55. The van der Waals surface area contributed by atoms with Crippen molar-refractivity contribution in [2.75, 3.05) is 19.6 Å². The fraction of sp³-hybridized carbons (Fsp3) is 0.389. The minimum Gasteiger partial charge on any atom is -0.445 e. The summed E-state index contributed by atoms with van der Waals surface area (Å²) in [5, 5.41) is 13.9. The van der Waals surface area contributed by atoms with E-state index in [4.69, 9.17) is 9.47 Å². The van der Waals surface area contributed by atoms with E-state index in [9.17, 15) is 19.2 Å². The summed E-state index contributed by atoms with van der Waals surface area (Å²) in [6.45, 7) is 5.57. The minimum absolute atomic E-state index is 0.0563. The molecule has 0 radical (unpaired) electrons. The van der Waals surface area contributed by atoms with Crippen LogP contribution in [0.1, 0.15) is 43.9 Å². The van der Waals surface area contributed by atoms with E-state index in [0.29, 0.717) is 11.9 Å². The van der Waals surface area contributed by atoms with Gasteiger partial charge in [-0.1, -0.05) is 71.9 Å². The standard InChI is InChI=1S/C36H43N7O6/c1-36(2,3)49-34(46)38-28(17-15-25-11-7-5-8-12-25)33(45)43-20-19-42(35(47)48-24-26-13-9-6-10-14-26)23-31(43)32(44)37-22-27-16-18-30-29(21-27)39-40-41(30)4/h5-14,16,18,21,28,31H,15,17,19-20,22-24H2,1-4H3,(H,37,44)(H,38,46)/t28?,31-/m0/s1. The van der Waals surface area contributed by atoms with Gasteiger partial charge in [0.1, 0.15) is 29.8 Å². The van der Waals surface area contributed by atoms with Crippen LogP contribution in [0.15, 0.2) is 78.9 Å². The van der Waals surface area contributed by atoms with Crippen LogP contribution in [0.5, 0.6) is 0 Å². The first kappa shape index (κ1) is 34.9. The van der Waals surface area contributed by atoms with E-state index in [1.54, 1.807) is 32.5 Å². The molecule has 4 amide bonds. The van der Waals surface area contributed by atoms with Gasteiger partial charge in [-0.2, -0.15) is 0 Å². The summed E-state index contributed by atoms with van der Waals surface area (Å²) in [6, 6.07) is 22.5. The maximum atomic E-state index is 14.3. The van der Waals surface area contributed by atoms with Gasteiger partial charge in [0, 0.05) is 26.7 Å². The number of aromatic nitrogens is 3. The van der Waals surface area contributed by atoms with Crippen molar-refractivity contribution in [1.82, 2.24) is 35.4 Å². The summed E-state index contributed by atoms with van der Waals surface area (Å²) in [6.07, 6.45) is -0.550. The Morgan fingerprint density at radius 3 is 2.31 bits per heavy atom. The number of hydrogen-bond donors (Lipinski definition) is 2. The largest absolute Gasteiger partial charge is 0.445 e. The highest BCUT2D eigenvalue weighted by Gasteiger charge is 2.40. The summed E-state index contributed by atoms with van der Waals surface area (Å²) in [5.74, 6) is -0.896. The lowest BCUT2D eigenvalue weighted by molar-refractivity contribution is -0.145. The summed E-state index contributed by atoms with van der Waals surface area (Å²) in [5.41, 5.74) is 3.37. The third-order valence-electron chi connectivity index (χ3n) is 8.12. The molecule has 13 heteroatoms. The van der Waals surface area contributed by atoms with Crippen LogP contribution in [0.25, 0.3) is 11.0 Å². The fourth-order valence-corrected chi connectivity index (χ4v) is 5.61. The van der Waals surface area contributed by atoms with Gasteiger partial charge in [-0.3, -0.25) is 9.59 Å². The summed E-state index contributed by atoms with van der Waals surface area (Å²) in [4.78, 5) is 57.1. The molecule has 49 heavy (non-hydrogen) atoms. The zero-order chi connectivity index (χ0) is 35.0. The quantitative estimate of drug-likeness (QED) is 0.258. The Bertz CT molecular complexity index is 1760. The van der Waals surface area contributed by atoms with Gasteiger partial charge in [-0.15, -0.1) is 5.10 Å². The van der Waals surface area contributed by atoms with Crippen LogP contribution in [0, 0.1) is 0 Å². The smallest absolute Gasteiger partial charge is 0.410 e. The van der Waals surface area contributed by atoms with Gasteiger partial charge >= 0.3 is 12.2 Å². The van der Waals surface area contributed by atoms with E-state index in [1.165, 1.54) is 9.80 Å². The second kappa shape index (κ2) is 15.6. The lowest BCUT2D eigenvalue weighted by atomic mass is 10.0. The van der Waals surface area contributed by atoms with Crippen LogP contribution >= 0.6 is 0 Å². The molecule has 258 valence electrons. The van der Waals surface area contributed by atoms with Crippen molar-refractivity contribution >= 4 is 35.0 Å². The molecule has 13 nitrogen and oxygen atoms in total. The Morgan fingerprint density at radius 1 is 0.918 bits per heavy atom. The third-order valence-corrected chi connectivity index (χ3v) is 8.12. The topological polar surface area (TPSA) is 148 Å².